The Morgan fingerprint density at radius 1 is 1.15 bits per heavy atom. The van der Waals surface area contributed by atoms with Gasteiger partial charge in [-0.1, -0.05) is 18.2 Å². The first-order valence-corrected chi connectivity index (χ1v) is 8.42. The normalized spacial score (nSPS) is 13.0. The highest BCUT2D eigenvalue weighted by Crippen LogP contribution is 2.36. The minimum Gasteiger partial charge on any atom is -0.381 e. The largest absolute Gasteiger partial charge is 0.381 e. The van der Waals surface area contributed by atoms with Crippen molar-refractivity contribution in [2.24, 2.45) is 0 Å². The number of imidazole rings is 1. The zero-order chi connectivity index (χ0) is 18.5. The summed E-state index contributed by atoms with van der Waals surface area (Å²) >= 11 is 0. The number of benzene rings is 2. The lowest BCUT2D eigenvalue weighted by atomic mass is 10.0. The lowest BCUT2D eigenvalue weighted by Gasteiger charge is -2.14. The number of carbonyl (C=O) groups is 1. The van der Waals surface area contributed by atoms with Gasteiger partial charge in [0.05, 0.1) is 17.8 Å². The monoisotopic (exact) mass is 359 g/mol. The summed E-state index contributed by atoms with van der Waals surface area (Å²) in [6.07, 6.45) is 3.76. The molecule has 0 bridgehead atoms. The Kier molecular flexibility index (Phi) is 3.24. The van der Waals surface area contributed by atoms with Crippen LogP contribution >= 0.6 is 0 Å². The van der Waals surface area contributed by atoms with Gasteiger partial charge in [-0.15, -0.1) is 0 Å². The van der Waals surface area contributed by atoms with Gasteiger partial charge in [0.1, 0.15) is 5.82 Å². The molecular formula is C20H14FN5O. The van der Waals surface area contributed by atoms with Crippen molar-refractivity contribution in [1.82, 2.24) is 14.4 Å². The van der Waals surface area contributed by atoms with E-state index >= 15 is 0 Å². The third kappa shape index (κ3) is 2.43. The Morgan fingerprint density at radius 2 is 2.04 bits per heavy atom. The summed E-state index contributed by atoms with van der Waals surface area (Å²) in [4.78, 5) is 20.5. The first-order valence-electron chi connectivity index (χ1n) is 8.42. The Balaban J connectivity index is 1.82. The lowest BCUT2D eigenvalue weighted by Crippen LogP contribution is -2.04. The van der Waals surface area contributed by atoms with Crippen molar-refractivity contribution in [3.8, 4) is 22.5 Å². The van der Waals surface area contributed by atoms with Gasteiger partial charge in [-0.2, -0.15) is 0 Å². The number of aromatic nitrogens is 3. The van der Waals surface area contributed by atoms with Gasteiger partial charge in [0.2, 0.25) is 5.91 Å². The second-order valence-corrected chi connectivity index (χ2v) is 6.42. The first kappa shape index (κ1) is 15.5. The summed E-state index contributed by atoms with van der Waals surface area (Å²) in [7, 11) is 0. The average molecular weight is 359 g/mol. The standard InChI is InChI=1S/C20H14FN5O/c21-14-3-1-2-11(9-14)17-18(26-7-6-23-20(26)19(22)25-17)12-4-5-15-13(8-12)10-16(27)24-15/h1-9H,10H2,(H2,22,25)(H,24,27). The fourth-order valence-electron chi connectivity index (χ4n) is 3.50. The molecule has 3 N–H and O–H groups in total. The fourth-order valence-corrected chi connectivity index (χ4v) is 3.50. The average Bonchev–Trinajstić information content (AvgIpc) is 3.27. The predicted octanol–water partition coefficient (Wildman–Crippen LogP) is 3.28. The number of fused-ring (bicyclic) bond motifs is 2. The van der Waals surface area contributed by atoms with Crippen molar-refractivity contribution >= 4 is 23.1 Å². The molecule has 27 heavy (non-hydrogen) atoms. The fraction of sp³-hybridized carbons (Fsp3) is 0.0500. The highest BCUT2D eigenvalue weighted by Gasteiger charge is 2.21. The molecule has 1 amide bonds. The number of nitrogens with two attached hydrogens (primary N) is 1. The molecule has 7 heteroatoms. The summed E-state index contributed by atoms with van der Waals surface area (Å²) in [6.45, 7) is 0. The number of hydrogen-bond donors (Lipinski definition) is 2. The molecule has 2 aromatic heterocycles. The van der Waals surface area contributed by atoms with Crippen LogP contribution in [0.5, 0.6) is 0 Å². The van der Waals surface area contributed by atoms with Gasteiger partial charge < -0.3 is 11.1 Å². The Labute approximate surface area is 153 Å². The molecule has 1 aliphatic rings. The van der Waals surface area contributed by atoms with Crippen LogP contribution in [0.2, 0.25) is 0 Å². The van der Waals surface area contributed by atoms with Crippen LogP contribution in [-0.2, 0) is 11.2 Å². The van der Waals surface area contributed by atoms with Crippen molar-refractivity contribution in [2.75, 3.05) is 11.1 Å². The molecule has 4 aromatic rings. The number of hydrogen-bond acceptors (Lipinski definition) is 4. The van der Waals surface area contributed by atoms with E-state index in [9.17, 15) is 9.18 Å². The summed E-state index contributed by atoms with van der Waals surface area (Å²) in [5.74, 6) is -0.120. The highest BCUT2D eigenvalue weighted by atomic mass is 19.1. The van der Waals surface area contributed by atoms with Crippen LogP contribution in [0.1, 0.15) is 5.56 Å². The predicted molar refractivity (Wildman–Crippen MR) is 101 cm³/mol. The number of nitrogen functional groups attached to an aromatic ring is 1. The smallest absolute Gasteiger partial charge is 0.228 e. The van der Waals surface area contributed by atoms with Gasteiger partial charge in [-0.3, -0.25) is 9.20 Å². The zero-order valence-electron chi connectivity index (χ0n) is 14.1. The summed E-state index contributed by atoms with van der Waals surface area (Å²) < 4.78 is 15.7. The maximum absolute atomic E-state index is 13.8. The van der Waals surface area contributed by atoms with Crippen molar-refractivity contribution in [1.29, 1.82) is 0 Å². The number of nitrogens with zero attached hydrogens (tertiary/aromatic N) is 3. The van der Waals surface area contributed by atoms with E-state index in [1.807, 2.05) is 22.6 Å². The first-order chi connectivity index (χ1) is 13.1. The van der Waals surface area contributed by atoms with E-state index in [1.54, 1.807) is 24.5 Å². The van der Waals surface area contributed by atoms with Crippen molar-refractivity contribution in [3.05, 3.63) is 66.2 Å². The number of rotatable bonds is 2. The SMILES string of the molecule is Nc1nc(-c2cccc(F)c2)c(-c2ccc3c(c2)CC(=O)N3)n2ccnc12. The molecule has 0 radical (unpaired) electrons. The van der Waals surface area contributed by atoms with Crippen molar-refractivity contribution in [2.45, 2.75) is 6.42 Å². The molecule has 0 unspecified atom stereocenters. The Morgan fingerprint density at radius 3 is 2.89 bits per heavy atom. The minimum absolute atomic E-state index is 0.0317. The maximum Gasteiger partial charge on any atom is 0.228 e. The molecule has 0 atom stereocenters. The van der Waals surface area contributed by atoms with Gasteiger partial charge in [0.15, 0.2) is 11.5 Å². The summed E-state index contributed by atoms with van der Waals surface area (Å²) in [5, 5.41) is 2.83. The van der Waals surface area contributed by atoms with Crippen LogP contribution in [0.4, 0.5) is 15.9 Å². The van der Waals surface area contributed by atoms with E-state index in [1.165, 1.54) is 12.1 Å². The van der Waals surface area contributed by atoms with Crippen LogP contribution in [0.15, 0.2) is 54.9 Å². The molecule has 0 saturated carbocycles. The molecule has 2 aromatic carbocycles. The third-order valence-corrected chi connectivity index (χ3v) is 4.67. The molecule has 0 saturated heterocycles. The van der Waals surface area contributed by atoms with Crippen LogP contribution in [0.25, 0.3) is 28.2 Å². The van der Waals surface area contributed by atoms with Crippen LogP contribution in [0.3, 0.4) is 0 Å². The van der Waals surface area contributed by atoms with Gasteiger partial charge in [0, 0.05) is 29.2 Å². The second-order valence-electron chi connectivity index (χ2n) is 6.42. The number of nitrogens with one attached hydrogen (secondary N) is 1. The highest BCUT2D eigenvalue weighted by molar-refractivity contribution is 6.00. The molecule has 132 valence electrons. The Hall–Kier alpha value is -3.74. The van der Waals surface area contributed by atoms with Crippen LogP contribution < -0.4 is 11.1 Å². The topological polar surface area (TPSA) is 85.3 Å². The van der Waals surface area contributed by atoms with Gasteiger partial charge >= 0.3 is 0 Å². The maximum atomic E-state index is 13.8. The van der Waals surface area contributed by atoms with E-state index in [2.05, 4.69) is 15.3 Å². The molecule has 0 spiro atoms. The lowest BCUT2D eigenvalue weighted by molar-refractivity contribution is -0.115. The minimum atomic E-state index is -0.353. The van der Waals surface area contributed by atoms with E-state index in [4.69, 9.17) is 5.73 Å². The van der Waals surface area contributed by atoms with Gasteiger partial charge in [-0.25, -0.2) is 14.4 Å². The van der Waals surface area contributed by atoms with Crippen molar-refractivity contribution in [3.63, 3.8) is 0 Å². The third-order valence-electron chi connectivity index (χ3n) is 4.67. The summed E-state index contributed by atoms with van der Waals surface area (Å²) in [6, 6.07) is 11.9. The van der Waals surface area contributed by atoms with E-state index < -0.39 is 0 Å². The Bertz CT molecular complexity index is 1230. The second kappa shape index (κ2) is 5.63. The van der Waals surface area contributed by atoms with E-state index in [0.717, 1.165) is 22.5 Å². The van der Waals surface area contributed by atoms with Gasteiger partial charge in [0.25, 0.3) is 0 Å². The molecule has 6 nitrogen and oxygen atoms in total. The molecule has 0 fully saturated rings. The van der Waals surface area contributed by atoms with Crippen LogP contribution in [0, 0.1) is 5.82 Å². The van der Waals surface area contributed by atoms with Gasteiger partial charge in [-0.05, 0) is 29.8 Å². The number of amides is 1. The molecular weight excluding hydrogens is 345 g/mol. The van der Waals surface area contributed by atoms with Crippen molar-refractivity contribution < 1.29 is 9.18 Å². The van der Waals surface area contributed by atoms with E-state index in [-0.39, 0.29) is 17.5 Å². The quantitative estimate of drug-likeness (QED) is 0.575. The molecule has 0 aliphatic carbocycles. The number of carbonyl (C=O) groups excluding carboxylic acids is 1. The molecule has 1 aliphatic heterocycles. The summed E-state index contributed by atoms with van der Waals surface area (Å²) in [5.41, 5.74) is 11.1. The molecule has 3 heterocycles. The number of anilines is 2. The zero-order valence-corrected chi connectivity index (χ0v) is 14.1. The van der Waals surface area contributed by atoms with E-state index in [0.29, 0.717) is 23.3 Å². The number of halogens is 1. The van der Waals surface area contributed by atoms with Crippen LogP contribution in [-0.4, -0.2) is 20.3 Å². The molecule has 5 rings (SSSR count).